The van der Waals surface area contributed by atoms with E-state index in [4.69, 9.17) is 0 Å². The van der Waals surface area contributed by atoms with Crippen LogP contribution in [-0.4, -0.2) is 15.7 Å². The monoisotopic (exact) mass is 297 g/mol. The van der Waals surface area contributed by atoms with Gasteiger partial charge in [-0.15, -0.1) is 0 Å². The number of anilines is 1. The van der Waals surface area contributed by atoms with Gasteiger partial charge in [-0.3, -0.25) is 14.3 Å². The maximum absolute atomic E-state index is 13.1. The van der Waals surface area contributed by atoms with Crippen molar-refractivity contribution in [3.05, 3.63) is 70.8 Å². The Labute approximate surface area is 125 Å². The number of benzene rings is 2. The van der Waals surface area contributed by atoms with Crippen LogP contribution in [0.4, 0.5) is 10.1 Å². The summed E-state index contributed by atoms with van der Waals surface area (Å²) in [5.41, 5.74) is 0.747. The average molecular weight is 297 g/mol. The molecular formula is C16H12FN3O2. The highest BCUT2D eigenvalue weighted by atomic mass is 19.1. The molecule has 1 heterocycles. The number of hydrogen-bond donors (Lipinski definition) is 1. The lowest BCUT2D eigenvalue weighted by Gasteiger charge is -2.09. The van der Waals surface area contributed by atoms with Gasteiger partial charge in [0.2, 0.25) is 11.3 Å². The molecule has 1 amide bonds. The fourth-order valence-electron chi connectivity index (χ4n) is 2.19. The van der Waals surface area contributed by atoms with Crippen molar-refractivity contribution in [2.45, 2.75) is 6.54 Å². The molecule has 3 aromatic rings. The Morgan fingerprint density at radius 2 is 2.00 bits per heavy atom. The lowest BCUT2D eigenvalue weighted by atomic mass is 10.2. The molecule has 1 N–H and O–H groups in total. The zero-order chi connectivity index (χ0) is 15.5. The zero-order valence-corrected chi connectivity index (χ0v) is 11.5. The van der Waals surface area contributed by atoms with Crippen LogP contribution in [0.5, 0.6) is 0 Å². The molecule has 0 aliphatic heterocycles. The van der Waals surface area contributed by atoms with E-state index in [1.807, 2.05) is 0 Å². The van der Waals surface area contributed by atoms with Crippen molar-refractivity contribution in [1.29, 1.82) is 0 Å². The molecule has 0 spiro atoms. The number of amides is 1. The Kier molecular flexibility index (Phi) is 3.65. The summed E-state index contributed by atoms with van der Waals surface area (Å²) in [4.78, 5) is 23.8. The van der Waals surface area contributed by atoms with Gasteiger partial charge in [0.15, 0.2) is 0 Å². The molecule has 0 unspecified atom stereocenters. The Hall–Kier alpha value is -3.02. The zero-order valence-electron chi connectivity index (χ0n) is 11.5. The van der Waals surface area contributed by atoms with Crippen LogP contribution in [0.2, 0.25) is 0 Å². The molecule has 0 aliphatic rings. The van der Waals surface area contributed by atoms with Crippen molar-refractivity contribution >= 4 is 22.5 Å². The summed E-state index contributed by atoms with van der Waals surface area (Å²) in [7, 11) is 0. The number of hydrogen-bond acceptors (Lipinski definition) is 3. The molecule has 0 atom stereocenters. The third-order valence-corrected chi connectivity index (χ3v) is 3.16. The van der Waals surface area contributed by atoms with Gasteiger partial charge in [-0.1, -0.05) is 18.2 Å². The molecule has 110 valence electrons. The molecule has 0 bridgehead atoms. The number of rotatable bonds is 3. The highest BCUT2D eigenvalue weighted by Crippen LogP contribution is 2.10. The summed E-state index contributed by atoms with van der Waals surface area (Å²) in [6.45, 7) is -0.0721. The van der Waals surface area contributed by atoms with Gasteiger partial charge in [-0.05, 0) is 30.3 Å². The smallest absolute Gasteiger partial charge is 0.246 e. The predicted octanol–water partition coefficient (Wildman–Crippen LogP) is 2.17. The quantitative estimate of drug-likeness (QED) is 0.806. The molecular weight excluding hydrogens is 285 g/mol. The van der Waals surface area contributed by atoms with E-state index >= 15 is 0 Å². The van der Waals surface area contributed by atoms with Gasteiger partial charge in [-0.25, -0.2) is 4.39 Å². The van der Waals surface area contributed by atoms with Crippen LogP contribution in [0.15, 0.2) is 59.5 Å². The molecule has 5 nitrogen and oxygen atoms in total. The van der Waals surface area contributed by atoms with Crippen LogP contribution in [0.3, 0.4) is 0 Å². The minimum atomic E-state index is -0.426. The Bertz CT molecular complexity index is 905. The minimum absolute atomic E-state index is 0.0721. The Balaban J connectivity index is 1.86. The normalized spacial score (nSPS) is 10.6. The minimum Gasteiger partial charge on any atom is -0.324 e. The van der Waals surface area contributed by atoms with Crippen molar-refractivity contribution in [2.75, 3.05) is 5.32 Å². The van der Waals surface area contributed by atoms with E-state index in [1.165, 1.54) is 29.1 Å². The van der Waals surface area contributed by atoms with Crippen molar-refractivity contribution in [3.8, 4) is 0 Å². The number of carbonyl (C=O) groups is 1. The van der Waals surface area contributed by atoms with E-state index in [1.54, 1.807) is 30.3 Å². The maximum atomic E-state index is 13.1. The third-order valence-electron chi connectivity index (χ3n) is 3.16. The first-order chi connectivity index (χ1) is 10.6. The van der Waals surface area contributed by atoms with Gasteiger partial charge < -0.3 is 5.32 Å². The molecule has 0 saturated heterocycles. The van der Waals surface area contributed by atoms with Gasteiger partial charge in [0, 0.05) is 11.1 Å². The van der Waals surface area contributed by atoms with Crippen LogP contribution in [-0.2, 0) is 11.3 Å². The highest BCUT2D eigenvalue weighted by molar-refractivity contribution is 5.91. The second-order valence-electron chi connectivity index (χ2n) is 4.74. The van der Waals surface area contributed by atoms with Gasteiger partial charge in [-0.2, -0.15) is 5.10 Å². The van der Waals surface area contributed by atoms with Crippen LogP contribution in [0.1, 0.15) is 0 Å². The van der Waals surface area contributed by atoms with E-state index in [9.17, 15) is 14.0 Å². The largest absolute Gasteiger partial charge is 0.324 e. The number of fused-ring (bicyclic) bond motifs is 1. The first-order valence-corrected chi connectivity index (χ1v) is 6.64. The third kappa shape index (κ3) is 2.85. The molecule has 2 aromatic carbocycles. The number of para-hydroxylation sites is 1. The van der Waals surface area contributed by atoms with Crippen LogP contribution in [0, 0.1) is 5.82 Å². The lowest BCUT2D eigenvalue weighted by molar-refractivity contribution is -0.116. The number of nitrogens with zero attached hydrogens (tertiary/aromatic N) is 2. The molecule has 6 heteroatoms. The molecule has 1 aromatic heterocycles. The van der Waals surface area contributed by atoms with Crippen LogP contribution < -0.4 is 10.7 Å². The van der Waals surface area contributed by atoms with Crippen molar-refractivity contribution < 1.29 is 9.18 Å². The topological polar surface area (TPSA) is 64.0 Å². The first kappa shape index (κ1) is 13.9. The molecule has 3 rings (SSSR count). The highest BCUT2D eigenvalue weighted by Gasteiger charge is 2.08. The van der Waals surface area contributed by atoms with Crippen molar-refractivity contribution in [2.24, 2.45) is 0 Å². The van der Waals surface area contributed by atoms with Crippen molar-refractivity contribution in [1.82, 2.24) is 9.78 Å². The van der Waals surface area contributed by atoms with Gasteiger partial charge in [0.05, 0.1) is 11.7 Å². The van der Waals surface area contributed by atoms with Gasteiger partial charge >= 0.3 is 0 Å². The second kappa shape index (κ2) is 5.77. The standard InChI is InChI=1S/C16H12FN3O2/c17-11-4-3-5-12(8-11)19-16(22)10-20-14-7-2-1-6-13(14)15(21)9-18-20/h1-9H,10H2,(H,19,22). The molecule has 0 radical (unpaired) electrons. The summed E-state index contributed by atoms with van der Waals surface area (Å²) < 4.78 is 14.5. The average Bonchev–Trinajstić information content (AvgIpc) is 2.50. The summed E-state index contributed by atoms with van der Waals surface area (Å²) in [5.74, 6) is -0.781. The lowest BCUT2D eigenvalue weighted by Crippen LogP contribution is -2.22. The number of halogens is 1. The summed E-state index contributed by atoms with van der Waals surface area (Å²) in [5, 5.41) is 7.06. The number of carbonyl (C=O) groups excluding carboxylic acids is 1. The fourth-order valence-corrected chi connectivity index (χ4v) is 2.19. The Morgan fingerprint density at radius 1 is 1.18 bits per heavy atom. The van der Waals surface area contributed by atoms with E-state index in [2.05, 4.69) is 10.4 Å². The fraction of sp³-hybridized carbons (Fsp3) is 0.0625. The van der Waals surface area contributed by atoms with Gasteiger partial charge in [0.1, 0.15) is 12.4 Å². The molecule has 0 saturated carbocycles. The van der Waals surface area contributed by atoms with Crippen molar-refractivity contribution in [3.63, 3.8) is 0 Å². The molecule has 0 aliphatic carbocycles. The SMILES string of the molecule is O=C(Cn1ncc(=O)c2ccccc21)Nc1cccc(F)c1. The van der Waals surface area contributed by atoms with E-state index < -0.39 is 5.82 Å². The Morgan fingerprint density at radius 3 is 2.82 bits per heavy atom. The van der Waals surface area contributed by atoms with E-state index in [-0.39, 0.29) is 17.9 Å². The maximum Gasteiger partial charge on any atom is 0.246 e. The number of nitrogens with one attached hydrogen (secondary N) is 1. The molecule has 22 heavy (non-hydrogen) atoms. The van der Waals surface area contributed by atoms with Crippen LogP contribution >= 0.6 is 0 Å². The summed E-state index contributed by atoms with van der Waals surface area (Å²) in [6.07, 6.45) is 1.18. The summed E-state index contributed by atoms with van der Waals surface area (Å²) in [6, 6.07) is 12.6. The van der Waals surface area contributed by atoms with E-state index in [0.29, 0.717) is 16.6 Å². The summed E-state index contributed by atoms with van der Waals surface area (Å²) >= 11 is 0. The predicted molar refractivity (Wildman–Crippen MR) is 81.0 cm³/mol. The van der Waals surface area contributed by atoms with Crippen LogP contribution in [0.25, 0.3) is 10.9 Å². The van der Waals surface area contributed by atoms with E-state index in [0.717, 1.165) is 0 Å². The number of aromatic nitrogens is 2. The van der Waals surface area contributed by atoms with Gasteiger partial charge in [0.25, 0.3) is 0 Å². The first-order valence-electron chi connectivity index (χ1n) is 6.64. The molecule has 0 fully saturated rings. The second-order valence-corrected chi connectivity index (χ2v) is 4.74.